The summed E-state index contributed by atoms with van der Waals surface area (Å²) in [5.41, 5.74) is 0.880. The van der Waals surface area contributed by atoms with E-state index < -0.39 is 11.9 Å². The van der Waals surface area contributed by atoms with E-state index in [1.165, 1.54) is 20.6 Å². The van der Waals surface area contributed by atoms with Gasteiger partial charge in [-0.3, -0.25) is 0 Å². The summed E-state index contributed by atoms with van der Waals surface area (Å²) in [4.78, 5) is 23.3. The van der Waals surface area contributed by atoms with Gasteiger partial charge in [0.25, 0.3) is 0 Å². The molecule has 0 N–H and O–H groups in total. The largest absolute Gasteiger partial charge is 0.466 e. The van der Waals surface area contributed by atoms with Crippen LogP contribution in [0.5, 0.6) is 0 Å². The Balaban J connectivity index is 3.01. The SMILES string of the molecule is COC(=O)/C(C)=C(\C(=O)OC)C1CCCCC1. The molecule has 4 nitrogen and oxygen atoms in total. The summed E-state index contributed by atoms with van der Waals surface area (Å²) in [6.45, 7) is 1.63. The van der Waals surface area contributed by atoms with E-state index in [0.29, 0.717) is 11.1 Å². The Morgan fingerprint density at radius 2 is 1.47 bits per heavy atom. The molecule has 0 aromatic carbocycles. The van der Waals surface area contributed by atoms with Crippen LogP contribution in [-0.4, -0.2) is 26.2 Å². The lowest BCUT2D eigenvalue weighted by Gasteiger charge is -2.24. The maximum absolute atomic E-state index is 11.8. The summed E-state index contributed by atoms with van der Waals surface area (Å²) in [5, 5.41) is 0. The smallest absolute Gasteiger partial charge is 0.334 e. The van der Waals surface area contributed by atoms with Gasteiger partial charge in [0.05, 0.1) is 19.8 Å². The zero-order valence-corrected chi connectivity index (χ0v) is 10.7. The molecular formula is C13H20O4. The Labute approximate surface area is 102 Å². The lowest BCUT2D eigenvalue weighted by molar-refractivity contribution is -0.139. The lowest BCUT2D eigenvalue weighted by Crippen LogP contribution is -2.21. The van der Waals surface area contributed by atoms with E-state index in [2.05, 4.69) is 4.74 Å². The molecule has 1 aliphatic carbocycles. The maximum Gasteiger partial charge on any atom is 0.334 e. The first-order valence-corrected chi connectivity index (χ1v) is 5.99. The van der Waals surface area contributed by atoms with Crippen LogP contribution in [0.4, 0.5) is 0 Å². The van der Waals surface area contributed by atoms with Gasteiger partial charge in [0.1, 0.15) is 0 Å². The van der Waals surface area contributed by atoms with E-state index in [9.17, 15) is 9.59 Å². The maximum atomic E-state index is 11.8. The molecule has 0 spiro atoms. The quantitative estimate of drug-likeness (QED) is 0.560. The molecule has 0 aliphatic heterocycles. The van der Waals surface area contributed by atoms with Crippen LogP contribution < -0.4 is 0 Å². The van der Waals surface area contributed by atoms with Crippen molar-refractivity contribution in [1.29, 1.82) is 0 Å². The predicted octanol–water partition coefficient (Wildman–Crippen LogP) is 2.23. The van der Waals surface area contributed by atoms with Crippen molar-refractivity contribution in [1.82, 2.24) is 0 Å². The van der Waals surface area contributed by atoms with Crippen molar-refractivity contribution in [2.75, 3.05) is 14.2 Å². The van der Waals surface area contributed by atoms with Crippen LogP contribution in [0.15, 0.2) is 11.1 Å². The van der Waals surface area contributed by atoms with E-state index in [1.54, 1.807) is 6.92 Å². The molecule has 1 rings (SSSR count). The Bertz CT molecular complexity index is 324. The highest BCUT2D eigenvalue weighted by Gasteiger charge is 2.28. The summed E-state index contributed by atoms with van der Waals surface area (Å²) in [6.07, 6.45) is 5.28. The number of hydrogen-bond donors (Lipinski definition) is 0. The third-order valence-corrected chi connectivity index (χ3v) is 3.31. The van der Waals surface area contributed by atoms with Crippen molar-refractivity contribution in [3.05, 3.63) is 11.1 Å². The van der Waals surface area contributed by atoms with Gasteiger partial charge in [0.15, 0.2) is 0 Å². The fourth-order valence-corrected chi connectivity index (χ4v) is 2.39. The van der Waals surface area contributed by atoms with Crippen LogP contribution in [-0.2, 0) is 19.1 Å². The number of hydrogen-bond acceptors (Lipinski definition) is 4. The molecule has 0 amide bonds. The van der Waals surface area contributed by atoms with E-state index >= 15 is 0 Å². The van der Waals surface area contributed by atoms with Crippen LogP contribution in [0.3, 0.4) is 0 Å². The molecule has 0 bridgehead atoms. The van der Waals surface area contributed by atoms with Crippen LogP contribution >= 0.6 is 0 Å². The second-order valence-electron chi connectivity index (χ2n) is 4.36. The van der Waals surface area contributed by atoms with Gasteiger partial charge in [0, 0.05) is 5.57 Å². The summed E-state index contributed by atoms with van der Waals surface area (Å²) >= 11 is 0. The second kappa shape index (κ2) is 6.42. The summed E-state index contributed by atoms with van der Waals surface area (Å²) in [6, 6.07) is 0. The average Bonchev–Trinajstić information content (AvgIpc) is 2.38. The van der Waals surface area contributed by atoms with Crippen molar-refractivity contribution < 1.29 is 19.1 Å². The minimum absolute atomic E-state index is 0.135. The molecular weight excluding hydrogens is 220 g/mol. The third-order valence-electron chi connectivity index (χ3n) is 3.31. The van der Waals surface area contributed by atoms with Gasteiger partial charge in [0.2, 0.25) is 0 Å². The van der Waals surface area contributed by atoms with Gasteiger partial charge in [-0.25, -0.2) is 9.59 Å². The predicted molar refractivity (Wildman–Crippen MR) is 63.3 cm³/mol. The number of rotatable bonds is 3. The van der Waals surface area contributed by atoms with E-state index in [0.717, 1.165) is 25.7 Å². The molecule has 1 saturated carbocycles. The summed E-state index contributed by atoms with van der Waals surface area (Å²) in [7, 11) is 2.66. The Morgan fingerprint density at radius 1 is 0.941 bits per heavy atom. The molecule has 0 saturated heterocycles. The lowest BCUT2D eigenvalue weighted by atomic mass is 9.82. The van der Waals surface area contributed by atoms with Crippen LogP contribution in [0.1, 0.15) is 39.0 Å². The molecule has 0 radical (unpaired) electrons. The van der Waals surface area contributed by atoms with Crippen molar-refractivity contribution in [2.24, 2.45) is 5.92 Å². The average molecular weight is 240 g/mol. The van der Waals surface area contributed by atoms with Crippen molar-refractivity contribution in [3.63, 3.8) is 0 Å². The number of carbonyl (C=O) groups is 2. The molecule has 0 aromatic rings. The van der Waals surface area contributed by atoms with E-state index in [4.69, 9.17) is 4.74 Å². The molecule has 17 heavy (non-hydrogen) atoms. The molecule has 1 fully saturated rings. The van der Waals surface area contributed by atoms with E-state index in [-0.39, 0.29) is 5.92 Å². The first-order valence-electron chi connectivity index (χ1n) is 5.99. The van der Waals surface area contributed by atoms with Gasteiger partial charge in [-0.2, -0.15) is 0 Å². The Morgan fingerprint density at radius 3 is 1.94 bits per heavy atom. The molecule has 0 aromatic heterocycles. The van der Waals surface area contributed by atoms with Crippen molar-refractivity contribution in [2.45, 2.75) is 39.0 Å². The van der Waals surface area contributed by atoms with Crippen LogP contribution in [0, 0.1) is 5.92 Å². The molecule has 96 valence electrons. The van der Waals surface area contributed by atoms with Crippen molar-refractivity contribution >= 4 is 11.9 Å². The molecule has 4 heteroatoms. The first kappa shape index (κ1) is 13.7. The monoisotopic (exact) mass is 240 g/mol. The topological polar surface area (TPSA) is 52.6 Å². The zero-order chi connectivity index (χ0) is 12.8. The second-order valence-corrected chi connectivity index (χ2v) is 4.36. The highest BCUT2D eigenvalue weighted by molar-refractivity contribution is 6.00. The molecule has 1 aliphatic rings. The van der Waals surface area contributed by atoms with E-state index in [1.807, 2.05) is 0 Å². The normalized spacial score (nSPS) is 18.3. The Hall–Kier alpha value is -1.32. The molecule has 0 heterocycles. The van der Waals surface area contributed by atoms with Crippen LogP contribution in [0.2, 0.25) is 0 Å². The van der Waals surface area contributed by atoms with Gasteiger partial charge < -0.3 is 9.47 Å². The fourth-order valence-electron chi connectivity index (χ4n) is 2.39. The number of esters is 2. The first-order chi connectivity index (χ1) is 8.11. The number of ether oxygens (including phenoxy) is 2. The fraction of sp³-hybridized carbons (Fsp3) is 0.692. The highest BCUT2D eigenvalue weighted by atomic mass is 16.5. The van der Waals surface area contributed by atoms with Crippen LogP contribution in [0.25, 0.3) is 0 Å². The minimum Gasteiger partial charge on any atom is -0.466 e. The highest BCUT2D eigenvalue weighted by Crippen LogP contribution is 2.32. The molecule has 0 atom stereocenters. The summed E-state index contributed by atoms with van der Waals surface area (Å²) < 4.78 is 9.45. The number of carbonyl (C=O) groups excluding carboxylic acids is 2. The Kier molecular flexibility index (Phi) is 5.19. The minimum atomic E-state index is -0.448. The molecule has 0 unspecified atom stereocenters. The standard InChI is InChI=1S/C13H20O4/c1-9(12(14)16-2)11(13(15)17-3)10-7-5-4-6-8-10/h10H,4-8H2,1-3H3/b11-9-. The zero-order valence-electron chi connectivity index (χ0n) is 10.7. The van der Waals surface area contributed by atoms with Crippen molar-refractivity contribution in [3.8, 4) is 0 Å². The van der Waals surface area contributed by atoms with Gasteiger partial charge in [-0.05, 0) is 25.7 Å². The van der Waals surface area contributed by atoms with Gasteiger partial charge in [-0.1, -0.05) is 19.3 Å². The van der Waals surface area contributed by atoms with Gasteiger partial charge >= 0.3 is 11.9 Å². The summed E-state index contributed by atoms with van der Waals surface area (Å²) in [5.74, 6) is -0.717. The third kappa shape index (κ3) is 3.32. The van der Waals surface area contributed by atoms with Gasteiger partial charge in [-0.15, -0.1) is 0 Å². The number of methoxy groups -OCH3 is 2.